The number of fused-ring (bicyclic) bond motifs is 2. The number of pyridine rings is 2. The molecule has 3 aliphatic rings. The summed E-state index contributed by atoms with van der Waals surface area (Å²) in [5, 5.41) is 3.20. The van der Waals surface area contributed by atoms with Crippen LogP contribution in [0.5, 0.6) is 0 Å². The van der Waals surface area contributed by atoms with Gasteiger partial charge in [-0.05, 0) is 42.9 Å². The van der Waals surface area contributed by atoms with Crippen molar-refractivity contribution in [3.05, 3.63) is 54.2 Å². The van der Waals surface area contributed by atoms with E-state index in [1.165, 1.54) is 12.8 Å². The summed E-state index contributed by atoms with van der Waals surface area (Å²) in [4.78, 5) is 28.5. The molecule has 31 heavy (non-hydrogen) atoms. The topological polar surface area (TPSA) is 85.2 Å². The van der Waals surface area contributed by atoms with Gasteiger partial charge in [-0.1, -0.05) is 6.07 Å². The van der Waals surface area contributed by atoms with Gasteiger partial charge in [-0.2, -0.15) is 0 Å². The molecule has 3 atom stereocenters. The normalized spacial score (nSPS) is 26.1. The number of hydrogen-bond acceptors (Lipinski definition) is 6. The van der Waals surface area contributed by atoms with E-state index in [1.807, 2.05) is 29.0 Å². The Morgan fingerprint density at radius 1 is 1.23 bits per heavy atom. The van der Waals surface area contributed by atoms with Crippen LogP contribution in [-0.2, 0) is 11.3 Å². The van der Waals surface area contributed by atoms with Gasteiger partial charge in [0, 0.05) is 43.8 Å². The lowest BCUT2D eigenvalue weighted by Crippen LogP contribution is -2.47. The number of nitrogens with zero attached hydrogens (tertiary/aromatic N) is 5. The monoisotopic (exact) mass is 418 g/mol. The first-order valence-electron chi connectivity index (χ1n) is 11.1. The molecule has 8 nitrogen and oxygen atoms in total. The molecule has 1 amide bonds. The Kier molecular flexibility index (Phi) is 4.69. The van der Waals surface area contributed by atoms with Gasteiger partial charge in [-0.3, -0.25) is 14.7 Å². The Morgan fingerprint density at radius 3 is 3.00 bits per heavy atom. The molecule has 6 rings (SSSR count). The van der Waals surface area contributed by atoms with E-state index in [-0.39, 0.29) is 11.9 Å². The molecule has 1 aliphatic carbocycles. The fourth-order valence-corrected chi connectivity index (χ4v) is 4.90. The van der Waals surface area contributed by atoms with Crippen molar-refractivity contribution >= 4 is 17.1 Å². The number of hydrogen-bond donors (Lipinski definition) is 1. The van der Waals surface area contributed by atoms with Gasteiger partial charge in [0.2, 0.25) is 0 Å². The minimum absolute atomic E-state index is 0.0827. The molecule has 0 aromatic carbocycles. The maximum absolute atomic E-state index is 12.9. The minimum Gasteiger partial charge on any atom is -0.375 e. The number of rotatable bonds is 5. The predicted molar refractivity (Wildman–Crippen MR) is 115 cm³/mol. The van der Waals surface area contributed by atoms with E-state index >= 15 is 0 Å². The second kappa shape index (κ2) is 7.69. The molecule has 0 spiro atoms. The van der Waals surface area contributed by atoms with Crippen LogP contribution in [0.2, 0.25) is 0 Å². The average molecular weight is 419 g/mol. The fraction of sp³-hybridized carbons (Fsp3) is 0.478. The van der Waals surface area contributed by atoms with Crippen LogP contribution < -0.4 is 5.32 Å². The van der Waals surface area contributed by atoms with Crippen molar-refractivity contribution in [2.45, 2.75) is 44.0 Å². The van der Waals surface area contributed by atoms with Crippen molar-refractivity contribution in [2.24, 2.45) is 5.92 Å². The number of amides is 1. The zero-order valence-corrected chi connectivity index (χ0v) is 17.4. The number of morpholine rings is 1. The minimum atomic E-state index is -0.0827. The Labute approximate surface area is 180 Å². The van der Waals surface area contributed by atoms with E-state index in [0.717, 1.165) is 48.8 Å². The quantitative estimate of drug-likeness (QED) is 0.681. The summed E-state index contributed by atoms with van der Waals surface area (Å²) in [6.07, 6.45) is 10.9. The summed E-state index contributed by atoms with van der Waals surface area (Å²) >= 11 is 0. The molecule has 5 heterocycles. The summed E-state index contributed by atoms with van der Waals surface area (Å²) in [5.74, 6) is 0.672. The summed E-state index contributed by atoms with van der Waals surface area (Å²) in [7, 11) is 0. The zero-order valence-electron chi connectivity index (χ0n) is 17.4. The molecule has 0 bridgehead atoms. The van der Waals surface area contributed by atoms with Crippen molar-refractivity contribution in [3.8, 4) is 0 Å². The lowest BCUT2D eigenvalue weighted by atomic mass is 10.1. The summed E-state index contributed by atoms with van der Waals surface area (Å²) in [5.41, 5.74) is 3.12. The molecule has 2 saturated heterocycles. The van der Waals surface area contributed by atoms with Crippen molar-refractivity contribution in [3.63, 3.8) is 0 Å². The maximum atomic E-state index is 12.9. The summed E-state index contributed by atoms with van der Waals surface area (Å²) < 4.78 is 8.04. The van der Waals surface area contributed by atoms with E-state index in [0.29, 0.717) is 24.3 Å². The SMILES string of the molecule is O=C(N[C@@H]1C[C@H]2CO[C@@H](C3CC3)CN2C1)c1cnc2c(c1)ncn2Cc1cccnc1. The van der Waals surface area contributed by atoms with Gasteiger partial charge in [0.1, 0.15) is 5.52 Å². The standard InChI is InChI=1S/C23H26N6O2/c30-23(27-18-7-19-13-31-21(16-3-4-16)12-28(19)11-18)17-6-20-22(25-9-17)29(14-26-20)10-15-2-1-5-24-8-15/h1-2,5-6,8-9,14,16,18-19,21H,3-4,7,10-13H2,(H,27,30)/t18-,19+,21-/m1/s1. The number of nitrogens with one attached hydrogen (secondary N) is 1. The third kappa shape index (κ3) is 3.81. The molecular formula is C23H26N6O2. The number of ether oxygens (including phenoxy) is 1. The Bertz CT molecular complexity index is 1100. The predicted octanol–water partition coefficient (Wildman–Crippen LogP) is 1.86. The summed E-state index contributed by atoms with van der Waals surface area (Å²) in [6.45, 7) is 3.34. The zero-order chi connectivity index (χ0) is 20.8. The van der Waals surface area contributed by atoms with Crippen LogP contribution in [0.15, 0.2) is 43.1 Å². The average Bonchev–Trinajstić information content (AvgIpc) is 3.46. The number of carbonyl (C=O) groups excluding carboxylic acids is 1. The van der Waals surface area contributed by atoms with Gasteiger partial charge >= 0.3 is 0 Å². The highest BCUT2D eigenvalue weighted by Gasteiger charge is 2.42. The van der Waals surface area contributed by atoms with Crippen LogP contribution >= 0.6 is 0 Å². The van der Waals surface area contributed by atoms with Gasteiger partial charge in [-0.15, -0.1) is 0 Å². The molecule has 3 aromatic rings. The molecule has 160 valence electrons. The van der Waals surface area contributed by atoms with E-state index in [4.69, 9.17) is 4.74 Å². The van der Waals surface area contributed by atoms with Crippen molar-refractivity contribution in [2.75, 3.05) is 19.7 Å². The lowest BCUT2D eigenvalue weighted by molar-refractivity contribution is -0.0581. The van der Waals surface area contributed by atoms with Crippen LogP contribution in [0.25, 0.3) is 11.2 Å². The third-order valence-electron chi connectivity index (χ3n) is 6.72. The van der Waals surface area contributed by atoms with Crippen molar-refractivity contribution in [1.29, 1.82) is 0 Å². The Morgan fingerprint density at radius 2 is 2.16 bits per heavy atom. The molecule has 1 N–H and O–H groups in total. The molecule has 0 radical (unpaired) electrons. The fourth-order valence-electron chi connectivity index (χ4n) is 4.90. The van der Waals surface area contributed by atoms with Gasteiger partial charge in [-0.25, -0.2) is 9.97 Å². The van der Waals surface area contributed by atoms with Crippen LogP contribution in [-0.4, -0.2) is 68.2 Å². The first kappa shape index (κ1) is 18.9. The largest absolute Gasteiger partial charge is 0.375 e. The lowest BCUT2D eigenvalue weighted by Gasteiger charge is -2.35. The van der Waals surface area contributed by atoms with Crippen molar-refractivity contribution < 1.29 is 9.53 Å². The van der Waals surface area contributed by atoms with Gasteiger partial charge < -0.3 is 14.6 Å². The van der Waals surface area contributed by atoms with Gasteiger partial charge in [0.25, 0.3) is 5.91 Å². The molecule has 3 aromatic heterocycles. The smallest absolute Gasteiger partial charge is 0.253 e. The highest BCUT2D eigenvalue weighted by atomic mass is 16.5. The Balaban J connectivity index is 1.12. The molecule has 8 heteroatoms. The summed E-state index contributed by atoms with van der Waals surface area (Å²) in [6, 6.07) is 6.33. The van der Waals surface area contributed by atoms with Gasteiger partial charge in [0.05, 0.1) is 31.1 Å². The highest BCUT2D eigenvalue weighted by molar-refractivity contribution is 5.96. The van der Waals surface area contributed by atoms with Crippen LogP contribution in [0.4, 0.5) is 0 Å². The van der Waals surface area contributed by atoms with E-state index < -0.39 is 0 Å². The second-order valence-electron chi connectivity index (χ2n) is 9.02. The number of carbonyl (C=O) groups is 1. The van der Waals surface area contributed by atoms with E-state index in [2.05, 4.69) is 25.2 Å². The van der Waals surface area contributed by atoms with Crippen molar-refractivity contribution in [1.82, 2.24) is 29.7 Å². The van der Waals surface area contributed by atoms with Crippen LogP contribution in [0.1, 0.15) is 35.2 Å². The van der Waals surface area contributed by atoms with Crippen LogP contribution in [0, 0.1) is 5.92 Å². The maximum Gasteiger partial charge on any atom is 0.253 e. The molecule has 3 fully saturated rings. The Hall–Kier alpha value is -2.84. The molecule has 0 unspecified atom stereocenters. The first-order valence-corrected chi connectivity index (χ1v) is 11.1. The second-order valence-corrected chi connectivity index (χ2v) is 9.02. The molecule has 1 saturated carbocycles. The van der Waals surface area contributed by atoms with Crippen LogP contribution in [0.3, 0.4) is 0 Å². The van der Waals surface area contributed by atoms with E-state index in [9.17, 15) is 4.79 Å². The number of imidazole rings is 1. The third-order valence-corrected chi connectivity index (χ3v) is 6.72. The number of aromatic nitrogens is 4. The first-order chi connectivity index (χ1) is 15.2. The molecular weight excluding hydrogens is 392 g/mol. The highest BCUT2D eigenvalue weighted by Crippen LogP contribution is 2.37. The molecule has 2 aliphatic heterocycles. The van der Waals surface area contributed by atoms with Gasteiger partial charge in [0.15, 0.2) is 5.65 Å². The van der Waals surface area contributed by atoms with E-state index in [1.54, 1.807) is 18.7 Å².